The Kier molecular flexibility index (Phi) is 3.98. The molecule has 0 spiro atoms. The predicted molar refractivity (Wildman–Crippen MR) is 66.9 cm³/mol. The minimum absolute atomic E-state index is 0.0734. The van der Waals surface area contributed by atoms with Gasteiger partial charge in [0.15, 0.2) is 11.5 Å². The van der Waals surface area contributed by atoms with E-state index in [2.05, 4.69) is 9.72 Å². The van der Waals surface area contributed by atoms with Gasteiger partial charge in [0.25, 0.3) is 0 Å². The van der Waals surface area contributed by atoms with E-state index in [0.29, 0.717) is 5.69 Å². The molecule has 0 saturated heterocycles. The Morgan fingerprint density at radius 2 is 1.76 bits per heavy atom. The zero-order valence-electron chi connectivity index (χ0n) is 10.8. The van der Waals surface area contributed by atoms with Gasteiger partial charge in [0, 0.05) is 5.69 Å². The molecule has 0 saturated carbocycles. The summed E-state index contributed by atoms with van der Waals surface area (Å²) in [5.74, 6) is -0.752. The van der Waals surface area contributed by atoms with E-state index in [9.17, 15) is 13.2 Å². The van der Waals surface area contributed by atoms with E-state index in [1.165, 1.54) is 24.3 Å². The number of nitriles is 1. The molecule has 1 aromatic carbocycles. The minimum atomic E-state index is -4.84. The van der Waals surface area contributed by atoms with Gasteiger partial charge in [-0.1, -0.05) is 12.1 Å². The lowest BCUT2D eigenvalue weighted by molar-refractivity contribution is -0.275. The van der Waals surface area contributed by atoms with Crippen molar-refractivity contribution in [3.63, 3.8) is 0 Å². The summed E-state index contributed by atoms with van der Waals surface area (Å²) >= 11 is 0. The molecule has 0 amide bonds. The smallest absolute Gasteiger partial charge is 0.434 e. The van der Waals surface area contributed by atoms with E-state index < -0.39 is 12.1 Å². The Hall–Kier alpha value is -2.75. The number of nitrogens with zero attached hydrogens (tertiary/aromatic N) is 2. The second-order valence-corrected chi connectivity index (χ2v) is 4.01. The summed E-state index contributed by atoms with van der Waals surface area (Å²) in [5.41, 5.74) is 0.681. The number of hydrogen-bond acceptors (Lipinski definition) is 4. The van der Waals surface area contributed by atoms with Crippen LogP contribution >= 0.6 is 0 Å². The van der Waals surface area contributed by atoms with Crippen molar-refractivity contribution in [2.24, 2.45) is 0 Å². The summed E-state index contributed by atoms with van der Waals surface area (Å²) in [4.78, 5) is 4.00. The Labute approximate surface area is 118 Å². The van der Waals surface area contributed by atoms with E-state index in [0.717, 1.165) is 6.07 Å². The van der Waals surface area contributed by atoms with Crippen molar-refractivity contribution < 1.29 is 22.6 Å². The molecule has 7 heteroatoms. The molecule has 0 fully saturated rings. The molecule has 0 aliphatic carbocycles. The van der Waals surface area contributed by atoms with E-state index in [4.69, 9.17) is 10.00 Å². The van der Waals surface area contributed by atoms with Crippen molar-refractivity contribution in [2.45, 2.75) is 13.3 Å². The maximum atomic E-state index is 12.3. The Morgan fingerprint density at radius 3 is 2.38 bits per heavy atom. The molecule has 0 bridgehead atoms. The van der Waals surface area contributed by atoms with Gasteiger partial charge >= 0.3 is 6.36 Å². The fourth-order valence-electron chi connectivity index (χ4n) is 1.54. The number of alkyl halides is 3. The van der Waals surface area contributed by atoms with Crippen LogP contribution in [0.4, 0.5) is 13.2 Å². The van der Waals surface area contributed by atoms with Crippen molar-refractivity contribution in [2.75, 3.05) is 0 Å². The normalized spacial score (nSPS) is 10.8. The van der Waals surface area contributed by atoms with Crippen LogP contribution in [0.5, 0.6) is 17.4 Å². The molecule has 0 unspecified atom stereocenters. The quantitative estimate of drug-likeness (QED) is 0.860. The van der Waals surface area contributed by atoms with Crippen LogP contribution in [-0.4, -0.2) is 11.3 Å². The maximum Gasteiger partial charge on any atom is 0.573 e. The van der Waals surface area contributed by atoms with Gasteiger partial charge in [0.2, 0.25) is 5.88 Å². The van der Waals surface area contributed by atoms with Gasteiger partial charge in [0.05, 0.1) is 0 Å². The number of ether oxygens (including phenoxy) is 2. The van der Waals surface area contributed by atoms with Crippen molar-refractivity contribution in [1.29, 1.82) is 5.26 Å². The average molecular weight is 294 g/mol. The number of benzene rings is 1. The molecular formula is C14H9F3N2O2. The van der Waals surface area contributed by atoms with Crippen LogP contribution < -0.4 is 9.47 Å². The van der Waals surface area contributed by atoms with Crippen molar-refractivity contribution in [3.05, 3.63) is 47.7 Å². The largest absolute Gasteiger partial charge is 0.573 e. The van der Waals surface area contributed by atoms with E-state index in [1.807, 2.05) is 6.07 Å². The zero-order valence-corrected chi connectivity index (χ0v) is 10.8. The lowest BCUT2D eigenvalue weighted by Crippen LogP contribution is -2.17. The molecule has 0 atom stereocenters. The molecule has 21 heavy (non-hydrogen) atoms. The van der Waals surface area contributed by atoms with E-state index in [1.54, 1.807) is 13.0 Å². The first-order valence-electron chi connectivity index (χ1n) is 5.79. The molecule has 4 nitrogen and oxygen atoms in total. The highest BCUT2D eigenvalue weighted by Gasteiger charge is 2.32. The highest BCUT2D eigenvalue weighted by molar-refractivity contribution is 5.46. The van der Waals surface area contributed by atoms with Gasteiger partial charge < -0.3 is 9.47 Å². The van der Waals surface area contributed by atoms with Crippen LogP contribution in [0, 0.1) is 18.3 Å². The number of pyridine rings is 1. The highest BCUT2D eigenvalue weighted by atomic mass is 19.4. The number of para-hydroxylation sites is 2. The molecule has 1 aromatic heterocycles. The third-order valence-corrected chi connectivity index (χ3v) is 2.40. The molecule has 0 aliphatic heterocycles. The van der Waals surface area contributed by atoms with E-state index >= 15 is 0 Å². The Bertz CT molecular complexity index is 693. The topological polar surface area (TPSA) is 55.1 Å². The monoisotopic (exact) mass is 294 g/mol. The zero-order chi connectivity index (χ0) is 15.5. The summed E-state index contributed by atoms with van der Waals surface area (Å²) in [7, 11) is 0. The summed E-state index contributed by atoms with van der Waals surface area (Å²) in [6.45, 7) is 1.67. The molecule has 0 aliphatic rings. The van der Waals surface area contributed by atoms with Crippen LogP contribution in [0.3, 0.4) is 0 Å². The average Bonchev–Trinajstić information content (AvgIpc) is 2.40. The number of aryl methyl sites for hydroxylation is 1. The van der Waals surface area contributed by atoms with Crippen molar-refractivity contribution in [1.82, 2.24) is 4.98 Å². The van der Waals surface area contributed by atoms with E-state index in [-0.39, 0.29) is 17.2 Å². The van der Waals surface area contributed by atoms with Crippen molar-refractivity contribution in [3.8, 4) is 23.4 Å². The Balaban J connectivity index is 2.37. The summed E-state index contributed by atoms with van der Waals surface area (Å²) in [6.07, 6.45) is -4.84. The van der Waals surface area contributed by atoms with Gasteiger partial charge in [-0.3, -0.25) is 0 Å². The Morgan fingerprint density at radius 1 is 1.10 bits per heavy atom. The molecule has 108 valence electrons. The van der Waals surface area contributed by atoms with Gasteiger partial charge in [0.1, 0.15) is 11.6 Å². The second-order valence-electron chi connectivity index (χ2n) is 4.01. The van der Waals surface area contributed by atoms with Crippen LogP contribution in [0.15, 0.2) is 36.4 Å². The SMILES string of the molecule is Cc1ccc(C#N)c(Oc2ccccc2OC(F)(F)F)n1. The third kappa shape index (κ3) is 3.86. The first-order valence-corrected chi connectivity index (χ1v) is 5.79. The maximum absolute atomic E-state index is 12.3. The molecule has 1 heterocycles. The number of rotatable bonds is 3. The summed E-state index contributed by atoms with van der Waals surface area (Å²) in [6, 6.07) is 10.2. The highest BCUT2D eigenvalue weighted by Crippen LogP contribution is 2.35. The van der Waals surface area contributed by atoms with Gasteiger partial charge in [-0.15, -0.1) is 13.2 Å². The molecule has 2 aromatic rings. The lowest BCUT2D eigenvalue weighted by atomic mass is 10.2. The second kappa shape index (κ2) is 5.71. The van der Waals surface area contributed by atoms with Crippen LogP contribution in [-0.2, 0) is 0 Å². The number of halogens is 3. The van der Waals surface area contributed by atoms with Crippen molar-refractivity contribution >= 4 is 0 Å². The third-order valence-electron chi connectivity index (χ3n) is 2.40. The van der Waals surface area contributed by atoms with Gasteiger partial charge in [-0.05, 0) is 31.2 Å². The lowest BCUT2D eigenvalue weighted by Gasteiger charge is -2.13. The molecule has 0 N–H and O–H groups in total. The molecule has 2 rings (SSSR count). The van der Waals surface area contributed by atoms with Gasteiger partial charge in [-0.25, -0.2) is 4.98 Å². The first-order chi connectivity index (χ1) is 9.89. The fourth-order valence-corrected chi connectivity index (χ4v) is 1.54. The molecular weight excluding hydrogens is 285 g/mol. The fraction of sp³-hybridized carbons (Fsp3) is 0.143. The predicted octanol–water partition coefficient (Wildman–Crippen LogP) is 3.95. The van der Waals surface area contributed by atoms with Crippen LogP contribution in [0.1, 0.15) is 11.3 Å². The number of hydrogen-bond donors (Lipinski definition) is 0. The van der Waals surface area contributed by atoms with Gasteiger partial charge in [-0.2, -0.15) is 5.26 Å². The van der Waals surface area contributed by atoms with Crippen LogP contribution in [0.2, 0.25) is 0 Å². The first kappa shape index (κ1) is 14.7. The standard InChI is InChI=1S/C14H9F3N2O2/c1-9-6-7-10(8-18)13(19-9)20-11-4-2-3-5-12(11)21-14(15,16)17/h2-7H,1H3. The summed E-state index contributed by atoms with van der Waals surface area (Å²) in [5, 5.41) is 8.96. The number of aromatic nitrogens is 1. The molecule has 0 radical (unpaired) electrons. The minimum Gasteiger partial charge on any atom is -0.434 e. The summed E-state index contributed by atoms with van der Waals surface area (Å²) < 4.78 is 46.1. The van der Waals surface area contributed by atoms with Crippen LogP contribution in [0.25, 0.3) is 0 Å².